The van der Waals surface area contributed by atoms with Gasteiger partial charge in [0.1, 0.15) is 23.0 Å². The number of rotatable bonds is 8. The van der Waals surface area contributed by atoms with Crippen molar-refractivity contribution in [2.75, 3.05) is 28.4 Å². The lowest BCUT2D eigenvalue weighted by Crippen LogP contribution is -2.18. The number of ether oxygens (including phenoxy) is 4. The van der Waals surface area contributed by atoms with E-state index in [2.05, 4.69) is 104 Å². The molecule has 0 spiro atoms. The Kier molecular flexibility index (Phi) is 16.8. The van der Waals surface area contributed by atoms with Gasteiger partial charge in [-0.05, 0) is 70.8 Å². The Hall–Kier alpha value is -3.92. The van der Waals surface area contributed by atoms with Gasteiger partial charge in [-0.1, -0.05) is 117 Å². The molecule has 0 saturated heterocycles. The maximum Gasteiger partial charge on any atom is 0.118 e. The van der Waals surface area contributed by atoms with Crippen molar-refractivity contribution in [2.45, 2.75) is 79.1 Å². The van der Waals surface area contributed by atoms with Gasteiger partial charge < -0.3 is 18.9 Å². The van der Waals surface area contributed by atoms with Gasteiger partial charge in [0.05, 0.1) is 28.4 Å². The highest BCUT2D eigenvalue weighted by atomic mass is 16.5. The quantitative estimate of drug-likeness (QED) is 0.202. The molecule has 0 aliphatic rings. The molecule has 0 fully saturated rings. The van der Waals surface area contributed by atoms with Crippen molar-refractivity contribution in [2.24, 2.45) is 0 Å². The minimum absolute atomic E-state index is 0.0431. The fourth-order valence-corrected chi connectivity index (χ4v) is 4.36. The molecule has 0 amide bonds. The second kappa shape index (κ2) is 19.4. The van der Waals surface area contributed by atoms with Crippen LogP contribution in [0.25, 0.3) is 0 Å². The highest BCUT2D eigenvalue weighted by molar-refractivity contribution is 5.43. The van der Waals surface area contributed by atoms with E-state index in [0.29, 0.717) is 0 Å². The first-order valence-corrected chi connectivity index (χ1v) is 15.6. The molecule has 4 rings (SSSR count). The van der Waals surface area contributed by atoms with E-state index in [9.17, 15) is 0 Å². The van der Waals surface area contributed by atoms with Gasteiger partial charge in [0.15, 0.2) is 0 Å². The van der Waals surface area contributed by atoms with Crippen molar-refractivity contribution in [3.05, 3.63) is 119 Å². The van der Waals surface area contributed by atoms with Crippen LogP contribution in [0.4, 0.5) is 0 Å². The van der Waals surface area contributed by atoms with Crippen molar-refractivity contribution in [3.8, 4) is 23.0 Å². The topological polar surface area (TPSA) is 36.9 Å². The van der Waals surface area contributed by atoms with E-state index >= 15 is 0 Å². The van der Waals surface area contributed by atoms with Crippen LogP contribution < -0.4 is 18.9 Å². The monoisotopic (exact) mass is 600 g/mol. The molecule has 0 radical (unpaired) electrons. The third kappa shape index (κ3) is 11.3. The minimum Gasteiger partial charge on any atom is -0.497 e. The molecule has 0 atom stereocenters. The zero-order chi connectivity index (χ0) is 33.2. The van der Waals surface area contributed by atoms with Gasteiger partial charge in [0.2, 0.25) is 0 Å². The largest absolute Gasteiger partial charge is 0.497 e. The van der Waals surface area contributed by atoms with Gasteiger partial charge in [0, 0.05) is 10.8 Å². The Bertz CT molecular complexity index is 1080. The Morgan fingerprint density at radius 3 is 0.591 bits per heavy atom. The van der Waals surface area contributed by atoms with Crippen molar-refractivity contribution in [3.63, 3.8) is 0 Å². The summed E-state index contributed by atoms with van der Waals surface area (Å²) in [7, 11) is 6.74. The molecule has 44 heavy (non-hydrogen) atoms. The second-order valence-corrected chi connectivity index (χ2v) is 11.6. The lowest BCUT2D eigenvalue weighted by Gasteiger charge is -2.26. The van der Waals surface area contributed by atoms with E-state index in [0.717, 1.165) is 23.0 Å². The lowest BCUT2D eigenvalue weighted by molar-refractivity contribution is 0.413. The molecule has 240 valence electrons. The third-order valence-corrected chi connectivity index (χ3v) is 7.25. The Morgan fingerprint density at radius 1 is 0.341 bits per heavy atom. The van der Waals surface area contributed by atoms with Crippen LogP contribution >= 0.6 is 0 Å². The van der Waals surface area contributed by atoms with Gasteiger partial charge in [0.25, 0.3) is 0 Å². The van der Waals surface area contributed by atoms with E-state index in [4.69, 9.17) is 18.9 Å². The van der Waals surface area contributed by atoms with Crippen molar-refractivity contribution >= 4 is 0 Å². The van der Waals surface area contributed by atoms with Crippen LogP contribution in [0.1, 0.15) is 90.5 Å². The van der Waals surface area contributed by atoms with Crippen LogP contribution in [0.5, 0.6) is 23.0 Å². The summed E-state index contributed by atoms with van der Waals surface area (Å²) >= 11 is 0. The first-order chi connectivity index (χ1) is 21.0. The molecule has 4 aromatic rings. The van der Waals surface area contributed by atoms with Crippen molar-refractivity contribution in [1.82, 2.24) is 0 Å². The molecule has 4 aromatic carbocycles. The number of benzene rings is 4. The fraction of sp³-hybridized carbons (Fsp3) is 0.400. The van der Waals surface area contributed by atoms with E-state index in [1.807, 2.05) is 48.5 Å². The fourth-order valence-electron chi connectivity index (χ4n) is 4.36. The highest BCUT2D eigenvalue weighted by Gasteiger charge is 2.24. The second-order valence-electron chi connectivity index (χ2n) is 11.6. The summed E-state index contributed by atoms with van der Waals surface area (Å²) in [5, 5.41) is 0. The van der Waals surface area contributed by atoms with Gasteiger partial charge in [-0.3, -0.25) is 0 Å². The first kappa shape index (κ1) is 38.1. The normalized spacial score (nSPS) is 10.5. The summed E-state index contributed by atoms with van der Waals surface area (Å²) in [5.74, 6) is 3.53. The summed E-state index contributed by atoms with van der Waals surface area (Å²) in [6, 6.07) is 32.9. The van der Waals surface area contributed by atoms with E-state index < -0.39 is 0 Å². The summed E-state index contributed by atoms with van der Waals surface area (Å²) in [4.78, 5) is 0. The van der Waals surface area contributed by atoms with Crippen LogP contribution in [0.15, 0.2) is 97.1 Å². The molecule has 0 heterocycles. The van der Waals surface area contributed by atoms with E-state index in [1.54, 1.807) is 28.4 Å². The molecule has 0 unspecified atom stereocenters. The molecule has 0 aliphatic carbocycles. The smallest absolute Gasteiger partial charge is 0.118 e. The molecule has 4 heteroatoms. The number of hydrogen-bond acceptors (Lipinski definition) is 4. The van der Waals surface area contributed by atoms with Crippen LogP contribution in [0, 0.1) is 0 Å². The average Bonchev–Trinajstić information content (AvgIpc) is 3.06. The lowest BCUT2D eigenvalue weighted by atomic mass is 9.78. The Balaban J connectivity index is 0.000000373. The number of hydrogen-bond donors (Lipinski definition) is 0. The Labute approximate surface area is 268 Å². The van der Waals surface area contributed by atoms with Gasteiger partial charge in [-0.25, -0.2) is 0 Å². The van der Waals surface area contributed by atoms with Gasteiger partial charge >= 0.3 is 0 Å². The van der Waals surface area contributed by atoms with Crippen LogP contribution in [-0.4, -0.2) is 28.4 Å². The predicted octanol–water partition coefficient (Wildman–Crippen LogP) is 10.9. The third-order valence-electron chi connectivity index (χ3n) is 7.25. The average molecular weight is 601 g/mol. The Morgan fingerprint density at radius 2 is 0.477 bits per heavy atom. The van der Waals surface area contributed by atoms with Gasteiger partial charge in [-0.15, -0.1) is 0 Å². The van der Waals surface area contributed by atoms with Crippen LogP contribution in [0.3, 0.4) is 0 Å². The molecule has 0 aliphatic heterocycles. The van der Waals surface area contributed by atoms with E-state index in [1.165, 1.54) is 35.1 Å². The van der Waals surface area contributed by atoms with Gasteiger partial charge in [-0.2, -0.15) is 0 Å². The van der Waals surface area contributed by atoms with Crippen LogP contribution in [0.2, 0.25) is 0 Å². The maximum absolute atomic E-state index is 5.20. The molecule has 0 bridgehead atoms. The summed E-state index contributed by atoms with van der Waals surface area (Å²) in [6.45, 7) is 17.4. The summed E-state index contributed by atoms with van der Waals surface area (Å²) in [6.07, 6.45) is 2.50. The highest BCUT2D eigenvalue weighted by Crippen LogP contribution is 2.34. The molecular formula is C40H56O4. The molecule has 0 N–H and O–H groups in total. The SMILES string of the molecule is CCC.CCC.COc1ccc(C(C)(C)c2ccc(OC)cc2)cc1.COc1ccc(C(C)(C)c2ccc(OC)cc2)cc1. The summed E-state index contributed by atoms with van der Waals surface area (Å²) in [5.41, 5.74) is 4.96. The molecular weight excluding hydrogens is 544 g/mol. The molecule has 4 nitrogen and oxygen atoms in total. The van der Waals surface area contributed by atoms with Crippen molar-refractivity contribution < 1.29 is 18.9 Å². The zero-order valence-electron chi connectivity index (χ0n) is 29.3. The van der Waals surface area contributed by atoms with E-state index in [-0.39, 0.29) is 10.8 Å². The number of methoxy groups -OCH3 is 4. The van der Waals surface area contributed by atoms with Crippen molar-refractivity contribution in [1.29, 1.82) is 0 Å². The molecule has 0 saturated carbocycles. The first-order valence-electron chi connectivity index (χ1n) is 15.6. The summed E-state index contributed by atoms with van der Waals surface area (Å²) < 4.78 is 20.8. The predicted molar refractivity (Wildman–Crippen MR) is 188 cm³/mol. The maximum atomic E-state index is 5.20. The minimum atomic E-state index is -0.0431. The van der Waals surface area contributed by atoms with Crippen LogP contribution in [-0.2, 0) is 10.8 Å². The molecule has 0 aromatic heterocycles. The zero-order valence-corrected chi connectivity index (χ0v) is 29.3. The standard InChI is InChI=1S/2C17H20O2.2C3H8/c2*1-17(2,13-5-9-15(18-3)10-6-13)14-7-11-16(19-4)12-8-14;2*1-3-2/h2*5-12H,1-4H3;2*3H2,1-2H3.